The summed E-state index contributed by atoms with van der Waals surface area (Å²) in [6.45, 7) is 8.32. The number of nitrogens with zero attached hydrogens (tertiary/aromatic N) is 5. The first-order valence-electron chi connectivity index (χ1n) is 11.9. The molecule has 3 aromatic heterocycles. The lowest BCUT2D eigenvalue weighted by Crippen LogP contribution is -2.54. The zero-order valence-corrected chi connectivity index (χ0v) is 19.6. The second-order valence-corrected chi connectivity index (χ2v) is 9.95. The number of hydrogen-bond acceptors (Lipinski definition) is 6. The van der Waals surface area contributed by atoms with Gasteiger partial charge in [0.2, 0.25) is 0 Å². The van der Waals surface area contributed by atoms with Crippen molar-refractivity contribution in [3.63, 3.8) is 0 Å². The quantitative estimate of drug-likeness (QED) is 0.494. The van der Waals surface area contributed by atoms with E-state index in [2.05, 4.69) is 41.3 Å². The van der Waals surface area contributed by atoms with Gasteiger partial charge in [0.1, 0.15) is 5.75 Å². The molecule has 33 heavy (non-hydrogen) atoms. The van der Waals surface area contributed by atoms with Gasteiger partial charge in [-0.05, 0) is 63.3 Å². The van der Waals surface area contributed by atoms with Gasteiger partial charge in [0.05, 0.1) is 23.1 Å². The Kier molecular flexibility index (Phi) is 4.59. The fraction of sp³-hybridized carbons (Fsp3) is 0.423. The average molecular weight is 443 g/mol. The molecule has 4 aromatic rings. The van der Waals surface area contributed by atoms with Crippen LogP contribution < -0.4 is 10.2 Å². The lowest BCUT2D eigenvalue weighted by atomic mass is 9.99. The van der Waals surface area contributed by atoms with Crippen LogP contribution in [0, 0.1) is 6.92 Å². The fourth-order valence-electron chi connectivity index (χ4n) is 5.34. The zero-order chi connectivity index (χ0) is 22.9. The number of pyridine rings is 2. The van der Waals surface area contributed by atoms with E-state index in [1.807, 2.05) is 32.4 Å². The molecule has 1 saturated heterocycles. The number of phenolic OH excluding ortho intramolecular Hbond substituents is 1. The molecule has 7 nitrogen and oxygen atoms in total. The van der Waals surface area contributed by atoms with Crippen LogP contribution in [0.3, 0.4) is 0 Å². The Morgan fingerprint density at radius 3 is 2.58 bits per heavy atom. The van der Waals surface area contributed by atoms with Gasteiger partial charge in [0.25, 0.3) is 0 Å². The summed E-state index contributed by atoms with van der Waals surface area (Å²) in [5.41, 5.74) is 6.33. The lowest BCUT2D eigenvalue weighted by molar-refractivity contribution is 0.407. The minimum absolute atomic E-state index is 0.246. The van der Waals surface area contributed by atoms with E-state index in [9.17, 15) is 5.11 Å². The van der Waals surface area contributed by atoms with Gasteiger partial charge in [-0.1, -0.05) is 0 Å². The summed E-state index contributed by atoms with van der Waals surface area (Å²) in [5.74, 6) is 0.785. The Morgan fingerprint density at radius 1 is 1.09 bits per heavy atom. The number of rotatable bonds is 3. The lowest BCUT2D eigenvalue weighted by Gasteiger charge is -2.37. The smallest absolute Gasteiger partial charge is 0.160 e. The van der Waals surface area contributed by atoms with E-state index in [-0.39, 0.29) is 5.75 Å². The summed E-state index contributed by atoms with van der Waals surface area (Å²) in [7, 11) is 1.90. The van der Waals surface area contributed by atoms with E-state index in [0.29, 0.717) is 18.0 Å². The molecular weight excluding hydrogens is 412 g/mol. The number of benzene rings is 1. The van der Waals surface area contributed by atoms with E-state index in [1.54, 1.807) is 4.68 Å². The number of aromatic nitrogens is 4. The van der Waals surface area contributed by atoms with Gasteiger partial charge >= 0.3 is 0 Å². The Balaban J connectivity index is 1.49. The third-order valence-electron chi connectivity index (χ3n) is 7.02. The number of phenols is 1. The van der Waals surface area contributed by atoms with Crippen LogP contribution in [0.4, 0.5) is 5.69 Å². The van der Waals surface area contributed by atoms with Crippen LogP contribution in [0.5, 0.6) is 5.75 Å². The fourth-order valence-corrected chi connectivity index (χ4v) is 5.34. The first-order chi connectivity index (χ1) is 15.9. The maximum atomic E-state index is 11.0. The predicted octanol–water partition coefficient (Wildman–Crippen LogP) is 4.26. The predicted molar refractivity (Wildman–Crippen MR) is 132 cm³/mol. The molecule has 0 radical (unpaired) electrons. The summed E-state index contributed by atoms with van der Waals surface area (Å²) < 4.78 is 1.78. The number of aryl methyl sites for hydroxylation is 2. The van der Waals surface area contributed by atoms with Crippen molar-refractivity contribution in [3.8, 4) is 17.0 Å². The summed E-state index contributed by atoms with van der Waals surface area (Å²) in [6.07, 6.45) is 6.32. The monoisotopic (exact) mass is 442 g/mol. The molecule has 2 aliphatic rings. The minimum Gasteiger partial charge on any atom is -0.507 e. The SMILES string of the molecule is Cc1c(O)c(-c2cc(C3CC3)c3cc(N4C[C@H](C)N[C@@H](C)C4)cnc3n2)cc2cn(C)nc12. The Labute approximate surface area is 193 Å². The highest BCUT2D eigenvalue weighted by Crippen LogP contribution is 2.45. The molecule has 4 heterocycles. The highest BCUT2D eigenvalue weighted by Gasteiger charge is 2.28. The largest absolute Gasteiger partial charge is 0.507 e. The topological polar surface area (TPSA) is 79.1 Å². The van der Waals surface area contributed by atoms with Gasteiger partial charge in [0, 0.05) is 60.3 Å². The van der Waals surface area contributed by atoms with E-state index in [1.165, 1.54) is 18.4 Å². The minimum atomic E-state index is 0.246. The normalized spacial score (nSPS) is 21.3. The van der Waals surface area contributed by atoms with Gasteiger partial charge < -0.3 is 15.3 Å². The van der Waals surface area contributed by atoms with Crippen molar-refractivity contribution in [1.82, 2.24) is 25.1 Å². The van der Waals surface area contributed by atoms with Crippen LogP contribution in [0.1, 0.15) is 43.7 Å². The number of fused-ring (bicyclic) bond motifs is 2. The second-order valence-electron chi connectivity index (χ2n) is 9.95. The third kappa shape index (κ3) is 3.51. The molecule has 0 amide bonds. The van der Waals surface area contributed by atoms with Crippen LogP contribution >= 0.6 is 0 Å². The number of aromatic hydroxyl groups is 1. The number of nitrogens with one attached hydrogen (secondary N) is 1. The van der Waals surface area contributed by atoms with Gasteiger partial charge in [-0.15, -0.1) is 0 Å². The number of piperazine rings is 1. The second kappa shape index (κ2) is 7.42. The maximum absolute atomic E-state index is 11.0. The van der Waals surface area contributed by atoms with Gasteiger partial charge in [-0.25, -0.2) is 9.97 Å². The summed E-state index contributed by atoms with van der Waals surface area (Å²) in [5, 5.41) is 21.2. The number of hydrogen-bond donors (Lipinski definition) is 2. The molecule has 0 unspecified atom stereocenters. The van der Waals surface area contributed by atoms with Gasteiger partial charge in [-0.3, -0.25) is 4.68 Å². The first kappa shape index (κ1) is 20.4. The van der Waals surface area contributed by atoms with Crippen LogP contribution in [-0.2, 0) is 7.05 Å². The highest BCUT2D eigenvalue weighted by atomic mass is 16.3. The molecule has 0 spiro atoms. The van der Waals surface area contributed by atoms with Gasteiger partial charge in [0.15, 0.2) is 5.65 Å². The van der Waals surface area contributed by atoms with E-state index in [4.69, 9.17) is 9.97 Å². The van der Waals surface area contributed by atoms with Crippen LogP contribution in [0.15, 0.2) is 30.6 Å². The summed E-state index contributed by atoms with van der Waals surface area (Å²) >= 11 is 0. The van der Waals surface area contributed by atoms with E-state index < -0.39 is 0 Å². The van der Waals surface area contributed by atoms with Crippen LogP contribution in [-0.4, -0.2) is 50.0 Å². The Hall–Kier alpha value is -3.19. The molecule has 2 N–H and O–H groups in total. The van der Waals surface area contributed by atoms with Crippen molar-refractivity contribution in [2.45, 2.75) is 51.6 Å². The first-order valence-corrected chi connectivity index (χ1v) is 11.9. The average Bonchev–Trinajstić information content (AvgIpc) is 3.56. The highest BCUT2D eigenvalue weighted by molar-refractivity contribution is 5.92. The van der Waals surface area contributed by atoms with E-state index >= 15 is 0 Å². The molecule has 2 fully saturated rings. The molecule has 1 saturated carbocycles. The molecule has 2 atom stereocenters. The van der Waals surface area contributed by atoms with Crippen molar-refractivity contribution in [2.75, 3.05) is 18.0 Å². The Morgan fingerprint density at radius 2 is 1.85 bits per heavy atom. The van der Waals surface area contributed by atoms with Crippen LogP contribution in [0.25, 0.3) is 33.2 Å². The van der Waals surface area contributed by atoms with Crippen molar-refractivity contribution >= 4 is 27.6 Å². The van der Waals surface area contributed by atoms with Crippen molar-refractivity contribution in [1.29, 1.82) is 0 Å². The molecule has 170 valence electrons. The molecule has 1 aliphatic carbocycles. The van der Waals surface area contributed by atoms with Crippen molar-refractivity contribution < 1.29 is 5.11 Å². The maximum Gasteiger partial charge on any atom is 0.160 e. The van der Waals surface area contributed by atoms with Crippen LogP contribution in [0.2, 0.25) is 0 Å². The Bertz CT molecular complexity index is 1380. The van der Waals surface area contributed by atoms with E-state index in [0.717, 1.165) is 57.5 Å². The molecule has 7 heteroatoms. The molecule has 0 bridgehead atoms. The van der Waals surface area contributed by atoms with Gasteiger partial charge in [-0.2, -0.15) is 5.10 Å². The molecule has 6 rings (SSSR count). The molecular formula is C26H30N6O. The van der Waals surface area contributed by atoms with Crippen molar-refractivity contribution in [2.24, 2.45) is 7.05 Å². The summed E-state index contributed by atoms with van der Waals surface area (Å²) in [6, 6.07) is 7.33. The van der Waals surface area contributed by atoms with Crippen molar-refractivity contribution in [3.05, 3.63) is 41.7 Å². The zero-order valence-electron chi connectivity index (χ0n) is 19.6. The number of anilines is 1. The molecule has 1 aliphatic heterocycles. The molecule has 1 aromatic carbocycles. The standard InChI is InChI=1S/C26H30N6O/c1-14-11-32(12-15(2)28-14)19-8-21-20(17-5-6-17)9-23(29-26(21)27-10-19)22-7-18-13-31(4)30-24(18)16(3)25(22)33/h7-10,13-15,17,28,33H,5-6,11-12H2,1-4H3/t14-,15-/m0/s1. The summed E-state index contributed by atoms with van der Waals surface area (Å²) in [4.78, 5) is 12.2. The third-order valence-corrected chi connectivity index (χ3v) is 7.02.